The largest absolute Gasteiger partial charge is 0.278 e. The van der Waals surface area contributed by atoms with Crippen LogP contribution in [-0.4, -0.2) is 19.0 Å². The van der Waals surface area contributed by atoms with Gasteiger partial charge in [-0.2, -0.15) is 0 Å². The van der Waals surface area contributed by atoms with Crippen molar-refractivity contribution in [3.63, 3.8) is 0 Å². The molecule has 2 aromatic heterocycles. The van der Waals surface area contributed by atoms with Crippen LogP contribution in [0.25, 0.3) is 21.7 Å². The van der Waals surface area contributed by atoms with Crippen LogP contribution in [0.4, 0.5) is 5.69 Å². The van der Waals surface area contributed by atoms with Crippen molar-refractivity contribution in [1.82, 2.24) is 14.1 Å². The number of nitrogens with zero attached hydrogens (tertiary/aromatic N) is 4. The first-order chi connectivity index (χ1) is 16.9. The highest BCUT2D eigenvalue weighted by Gasteiger charge is 2.20. The molecule has 0 fully saturated rings. The molecule has 174 valence electrons. The number of nitro benzene ring substituents is 1. The van der Waals surface area contributed by atoms with Crippen LogP contribution in [0.3, 0.4) is 0 Å². The Hall–Kier alpha value is -3.60. The van der Waals surface area contributed by atoms with Gasteiger partial charge in [0.15, 0.2) is 14.8 Å². The van der Waals surface area contributed by atoms with Crippen LogP contribution < -0.4 is 5.56 Å². The summed E-state index contributed by atoms with van der Waals surface area (Å²) in [7, 11) is 0. The summed E-state index contributed by atoms with van der Waals surface area (Å²) in [6.45, 7) is 1.99. The molecule has 0 amide bonds. The standard InChI is InChI=1S/C25H18N4O3S3/c1-16-8-5-6-13-20(16)28-22-21(35-25(28)33)23(30)27(18-10-3-2-4-11-18)24(26-22)34-15-17-9-7-12-19(14-17)29(31)32/h2-14H,15H2,1H3. The second-order valence-corrected chi connectivity index (χ2v) is 10.3. The van der Waals surface area contributed by atoms with Crippen molar-refractivity contribution in [2.45, 2.75) is 17.8 Å². The summed E-state index contributed by atoms with van der Waals surface area (Å²) in [4.78, 5) is 29.5. The molecule has 7 nitrogen and oxygen atoms in total. The lowest BCUT2D eigenvalue weighted by Gasteiger charge is -2.13. The molecule has 10 heteroatoms. The van der Waals surface area contributed by atoms with Gasteiger partial charge >= 0.3 is 0 Å². The van der Waals surface area contributed by atoms with Crippen molar-refractivity contribution in [1.29, 1.82) is 0 Å². The van der Waals surface area contributed by atoms with E-state index in [9.17, 15) is 14.9 Å². The monoisotopic (exact) mass is 518 g/mol. The number of hydrogen-bond donors (Lipinski definition) is 0. The normalized spacial score (nSPS) is 11.1. The Kier molecular flexibility index (Phi) is 6.33. The Bertz CT molecular complexity index is 1690. The molecular weight excluding hydrogens is 501 g/mol. The summed E-state index contributed by atoms with van der Waals surface area (Å²) in [5.74, 6) is 0.404. The summed E-state index contributed by atoms with van der Waals surface area (Å²) < 4.78 is 4.44. The smallest absolute Gasteiger partial charge is 0.275 e. The third-order valence-electron chi connectivity index (χ3n) is 5.44. The van der Waals surface area contributed by atoms with E-state index in [0.29, 0.717) is 30.9 Å². The number of hydrogen-bond acceptors (Lipinski definition) is 7. The van der Waals surface area contributed by atoms with Gasteiger partial charge in [-0.05, 0) is 48.5 Å². The number of aromatic nitrogens is 3. The summed E-state index contributed by atoms with van der Waals surface area (Å²) in [5.41, 5.74) is 3.68. The maximum absolute atomic E-state index is 13.8. The number of benzene rings is 3. The minimum Gasteiger partial charge on any atom is -0.275 e. The number of para-hydroxylation sites is 2. The Morgan fingerprint density at radius 3 is 2.51 bits per heavy atom. The van der Waals surface area contributed by atoms with E-state index >= 15 is 0 Å². The quantitative estimate of drug-likeness (QED) is 0.0842. The predicted octanol–water partition coefficient (Wildman–Crippen LogP) is 6.48. The van der Waals surface area contributed by atoms with E-state index < -0.39 is 4.92 Å². The Morgan fingerprint density at radius 2 is 1.77 bits per heavy atom. The fourth-order valence-corrected chi connectivity index (χ4v) is 6.01. The summed E-state index contributed by atoms with van der Waals surface area (Å²) in [6, 6.07) is 23.6. The van der Waals surface area contributed by atoms with Gasteiger partial charge in [-0.3, -0.25) is 24.0 Å². The minimum absolute atomic E-state index is 0.0259. The molecule has 35 heavy (non-hydrogen) atoms. The number of thioether (sulfide) groups is 1. The molecule has 0 aliphatic carbocycles. The fraction of sp³-hybridized carbons (Fsp3) is 0.0800. The van der Waals surface area contributed by atoms with Crippen LogP contribution in [0, 0.1) is 21.0 Å². The van der Waals surface area contributed by atoms with Gasteiger partial charge in [-0.15, -0.1) is 0 Å². The molecule has 0 bridgehead atoms. The Morgan fingerprint density at radius 1 is 1.03 bits per heavy atom. The Balaban J connectivity index is 1.70. The van der Waals surface area contributed by atoms with Crippen LogP contribution in [0.1, 0.15) is 11.1 Å². The molecule has 3 aromatic carbocycles. The maximum atomic E-state index is 13.8. The highest BCUT2D eigenvalue weighted by molar-refractivity contribution is 7.98. The first kappa shape index (κ1) is 23.2. The summed E-state index contributed by atoms with van der Waals surface area (Å²) >= 11 is 8.25. The van der Waals surface area contributed by atoms with E-state index in [1.54, 1.807) is 10.6 Å². The number of fused-ring (bicyclic) bond motifs is 1. The van der Waals surface area contributed by atoms with Crippen LogP contribution in [0.15, 0.2) is 88.8 Å². The van der Waals surface area contributed by atoms with Gasteiger partial charge in [0.25, 0.3) is 11.2 Å². The van der Waals surface area contributed by atoms with Crippen LogP contribution in [-0.2, 0) is 5.75 Å². The first-order valence-electron chi connectivity index (χ1n) is 10.6. The van der Waals surface area contributed by atoms with E-state index in [0.717, 1.165) is 16.8 Å². The van der Waals surface area contributed by atoms with Crippen molar-refractivity contribution in [2.75, 3.05) is 0 Å². The number of aryl methyl sites for hydroxylation is 1. The van der Waals surface area contributed by atoms with E-state index in [2.05, 4.69) is 0 Å². The van der Waals surface area contributed by atoms with E-state index in [4.69, 9.17) is 17.2 Å². The second kappa shape index (κ2) is 9.57. The molecule has 0 saturated carbocycles. The molecule has 0 radical (unpaired) electrons. The predicted molar refractivity (Wildman–Crippen MR) is 143 cm³/mol. The minimum atomic E-state index is -0.417. The van der Waals surface area contributed by atoms with Crippen molar-refractivity contribution in [3.8, 4) is 11.4 Å². The maximum Gasteiger partial charge on any atom is 0.278 e. The lowest BCUT2D eigenvalue weighted by molar-refractivity contribution is -0.384. The highest BCUT2D eigenvalue weighted by atomic mass is 32.2. The van der Waals surface area contributed by atoms with Crippen LogP contribution >= 0.6 is 35.3 Å². The zero-order valence-corrected chi connectivity index (χ0v) is 20.9. The van der Waals surface area contributed by atoms with Gasteiger partial charge in [-0.25, -0.2) is 4.98 Å². The summed E-state index contributed by atoms with van der Waals surface area (Å²) in [5, 5.41) is 11.7. The molecule has 0 atom stereocenters. The second-order valence-electron chi connectivity index (χ2n) is 7.73. The lowest BCUT2D eigenvalue weighted by atomic mass is 10.2. The fourth-order valence-electron chi connectivity index (χ4n) is 3.77. The number of thiazole rings is 1. The van der Waals surface area contributed by atoms with E-state index in [1.807, 2.05) is 72.2 Å². The van der Waals surface area contributed by atoms with Crippen LogP contribution in [0.5, 0.6) is 0 Å². The molecule has 0 N–H and O–H groups in total. The van der Waals surface area contributed by atoms with Gasteiger partial charge < -0.3 is 0 Å². The molecule has 2 heterocycles. The SMILES string of the molecule is Cc1ccccc1-n1c(=S)sc2c(=O)n(-c3ccccc3)c(SCc3cccc([N+](=O)[O-])c3)nc21. The highest BCUT2D eigenvalue weighted by Crippen LogP contribution is 2.30. The molecule has 0 aliphatic heterocycles. The van der Waals surface area contributed by atoms with Crippen molar-refractivity contribution >= 4 is 51.4 Å². The molecular formula is C25H18N4O3S3. The average Bonchev–Trinajstić information content (AvgIpc) is 3.20. The number of non-ortho nitro benzene ring substituents is 1. The van der Waals surface area contributed by atoms with E-state index in [1.165, 1.54) is 35.2 Å². The molecule has 5 rings (SSSR count). The third-order valence-corrected chi connectivity index (χ3v) is 7.80. The molecule has 0 spiro atoms. The van der Waals surface area contributed by atoms with Gasteiger partial charge in [0.1, 0.15) is 4.70 Å². The molecule has 0 saturated heterocycles. The zero-order valence-electron chi connectivity index (χ0n) is 18.5. The van der Waals surface area contributed by atoms with Crippen molar-refractivity contribution in [2.24, 2.45) is 0 Å². The summed E-state index contributed by atoms with van der Waals surface area (Å²) in [6.07, 6.45) is 0. The van der Waals surface area contributed by atoms with Crippen molar-refractivity contribution in [3.05, 3.63) is 114 Å². The first-order valence-corrected chi connectivity index (χ1v) is 12.8. The van der Waals surface area contributed by atoms with Gasteiger partial charge in [0.2, 0.25) is 0 Å². The van der Waals surface area contributed by atoms with Crippen LogP contribution in [0.2, 0.25) is 0 Å². The van der Waals surface area contributed by atoms with E-state index in [-0.39, 0.29) is 11.2 Å². The number of nitro groups is 1. The third kappa shape index (κ3) is 4.43. The average molecular weight is 519 g/mol. The van der Waals surface area contributed by atoms with Gasteiger partial charge in [0.05, 0.1) is 16.3 Å². The molecule has 0 unspecified atom stereocenters. The lowest BCUT2D eigenvalue weighted by Crippen LogP contribution is -2.21. The molecule has 5 aromatic rings. The van der Waals surface area contributed by atoms with Crippen molar-refractivity contribution < 1.29 is 4.92 Å². The molecule has 0 aliphatic rings. The van der Waals surface area contributed by atoms with Gasteiger partial charge in [0, 0.05) is 17.9 Å². The topological polar surface area (TPSA) is 83.0 Å². The van der Waals surface area contributed by atoms with Gasteiger partial charge in [-0.1, -0.05) is 71.6 Å². The zero-order chi connectivity index (χ0) is 24.5. The number of rotatable bonds is 6. The Labute approximate surface area is 213 Å².